The Bertz CT molecular complexity index is 737. The van der Waals surface area contributed by atoms with Gasteiger partial charge in [0.25, 0.3) is 11.8 Å². The third-order valence-corrected chi connectivity index (χ3v) is 3.84. The van der Waals surface area contributed by atoms with E-state index in [-0.39, 0.29) is 11.8 Å². The van der Waals surface area contributed by atoms with Crippen LogP contribution in [0, 0.1) is 0 Å². The maximum atomic E-state index is 12.0. The highest BCUT2D eigenvalue weighted by Crippen LogP contribution is 2.24. The van der Waals surface area contributed by atoms with Crippen molar-refractivity contribution in [2.75, 3.05) is 5.43 Å². The predicted molar refractivity (Wildman–Crippen MR) is 85.7 cm³/mol. The summed E-state index contributed by atoms with van der Waals surface area (Å²) in [7, 11) is 0. The van der Waals surface area contributed by atoms with Gasteiger partial charge in [-0.05, 0) is 37.1 Å². The summed E-state index contributed by atoms with van der Waals surface area (Å²) in [4.78, 5) is 24.0. The third-order valence-electron chi connectivity index (χ3n) is 3.84. The molecular weight excluding hydrogens is 276 g/mol. The van der Waals surface area contributed by atoms with Crippen molar-refractivity contribution >= 4 is 17.5 Å². The lowest BCUT2D eigenvalue weighted by molar-refractivity contribution is -0.135. The zero-order valence-electron chi connectivity index (χ0n) is 12.5. The molecule has 1 aliphatic heterocycles. The quantitative estimate of drug-likeness (QED) is 0.882. The van der Waals surface area contributed by atoms with Crippen LogP contribution in [0.2, 0.25) is 0 Å². The Kier molecular flexibility index (Phi) is 3.51. The number of anilines is 1. The highest BCUT2D eigenvalue weighted by molar-refractivity contribution is 6.19. The molecule has 0 atom stereocenters. The molecule has 0 bridgehead atoms. The van der Waals surface area contributed by atoms with Crippen LogP contribution in [-0.2, 0) is 9.59 Å². The molecule has 22 heavy (non-hydrogen) atoms. The predicted octanol–water partition coefficient (Wildman–Crippen LogP) is 3.39. The lowest BCUT2D eigenvalue weighted by Gasteiger charge is -2.17. The number of benzene rings is 2. The van der Waals surface area contributed by atoms with Crippen molar-refractivity contribution in [2.24, 2.45) is 0 Å². The maximum absolute atomic E-state index is 12.0. The lowest BCUT2D eigenvalue weighted by atomic mass is 10.1. The second kappa shape index (κ2) is 5.48. The summed E-state index contributed by atoms with van der Waals surface area (Å²) in [6, 6.07) is 17.6. The van der Waals surface area contributed by atoms with E-state index >= 15 is 0 Å². The minimum absolute atomic E-state index is 0.297. The first-order valence-electron chi connectivity index (χ1n) is 7.06. The van der Waals surface area contributed by atoms with Crippen LogP contribution in [0.1, 0.15) is 13.8 Å². The summed E-state index contributed by atoms with van der Waals surface area (Å²) in [5.41, 5.74) is 6.74. The molecule has 0 saturated carbocycles. The molecule has 1 N–H and O–H groups in total. The maximum Gasteiger partial charge on any atom is 0.275 e. The van der Waals surface area contributed by atoms with Gasteiger partial charge in [-0.15, -0.1) is 0 Å². The molecule has 2 aromatic rings. The fourth-order valence-corrected chi connectivity index (χ4v) is 2.35. The van der Waals surface area contributed by atoms with E-state index in [1.807, 2.05) is 54.6 Å². The summed E-state index contributed by atoms with van der Waals surface area (Å²) in [5.74, 6) is -0.593. The molecule has 0 saturated heterocycles. The molecule has 2 aromatic carbocycles. The molecular formula is C18H16N2O2. The zero-order chi connectivity index (χ0) is 15.7. The summed E-state index contributed by atoms with van der Waals surface area (Å²) < 4.78 is 0. The van der Waals surface area contributed by atoms with Crippen LogP contribution in [0.25, 0.3) is 11.1 Å². The number of hydrogen-bond donors (Lipinski definition) is 1. The fraction of sp³-hybridized carbons (Fsp3) is 0.111. The molecule has 4 nitrogen and oxygen atoms in total. The van der Waals surface area contributed by atoms with Crippen LogP contribution in [0.15, 0.2) is 65.7 Å². The van der Waals surface area contributed by atoms with Crippen molar-refractivity contribution in [3.63, 3.8) is 0 Å². The summed E-state index contributed by atoms with van der Waals surface area (Å²) in [6.07, 6.45) is 0. The van der Waals surface area contributed by atoms with Crippen molar-refractivity contribution in [3.8, 4) is 11.1 Å². The normalized spacial score (nSPS) is 14.7. The van der Waals surface area contributed by atoms with Gasteiger partial charge in [0.2, 0.25) is 0 Å². The van der Waals surface area contributed by atoms with Gasteiger partial charge in [-0.3, -0.25) is 15.0 Å². The SMILES string of the molecule is CC1=C(C)C(=O)N(Nc2ccc(-c3ccccc3)cc2)C1=O. The van der Waals surface area contributed by atoms with Crippen LogP contribution in [-0.4, -0.2) is 16.8 Å². The molecule has 110 valence electrons. The second-order valence-electron chi connectivity index (χ2n) is 5.25. The Morgan fingerprint density at radius 2 is 1.23 bits per heavy atom. The number of nitrogens with zero attached hydrogens (tertiary/aromatic N) is 1. The smallest absolute Gasteiger partial charge is 0.275 e. The average Bonchev–Trinajstić information content (AvgIpc) is 2.74. The van der Waals surface area contributed by atoms with E-state index in [1.165, 1.54) is 0 Å². The first kappa shape index (κ1) is 14.1. The third kappa shape index (κ3) is 2.39. The lowest BCUT2D eigenvalue weighted by Crippen LogP contribution is -2.36. The Morgan fingerprint density at radius 3 is 1.77 bits per heavy atom. The van der Waals surface area contributed by atoms with Crippen molar-refractivity contribution in [2.45, 2.75) is 13.8 Å². The van der Waals surface area contributed by atoms with Gasteiger partial charge in [0.15, 0.2) is 0 Å². The molecule has 0 aromatic heterocycles. The van der Waals surface area contributed by atoms with Gasteiger partial charge in [0, 0.05) is 11.1 Å². The summed E-state index contributed by atoms with van der Waals surface area (Å²) >= 11 is 0. The monoisotopic (exact) mass is 292 g/mol. The topological polar surface area (TPSA) is 49.4 Å². The van der Waals surface area contributed by atoms with Gasteiger partial charge >= 0.3 is 0 Å². The first-order chi connectivity index (χ1) is 10.6. The minimum Gasteiger partial charge on any atom is -0.288 e. The van der Waals surface area contributed by atoms with E-state index in [4.69, 9.17) is 0 Å². The highest BCUT2D eigenvalue weighted by atomic mass is 16.2. The average molecular weight is 292 g/mol. The van der Waals surface area contributed by atoms with Gasteiger partial charge in [-0.25, -0.2) is 0 Å². The van der Waals surface area contributed by atoms with Crippen molar-refractivity contribution in [1.82, 2.24) is 5.01 Å². The van der Waals surface area contributed by atoms with E-state index in [9.17, 15) is 9.59 Å². The number of nitrogens with one attached hydrogen (secondary N) is 1. The Morgan fingerprint density at radius 1 is 0.727 bits per heavy atom. The molecule has 0 fully saturated rings. The van der Waals surface area contributed by atoms with Gasteiger partial charge in [0.1, 0.15) is 0 Å². The molecule has 1 aliphatic rings. The van der Waals surface area contributed by atoms with E-state index in [1.54, 1.807) is 13.8 Å². The highest BCUT2D eigenvalue weighted by Gasteiger charge is 2.33. The van der Waals surface area contributed by atoms with Gasteiger partial charge in [-0.2, -0.15) is 5.01 Å². The van der Waals surface area contributed by atoms with Crippen LogP contribution < -0.4 is 5.43 Å². The summed E-state index contributed by atoms with van der Waals surface area (Å²) in [6.45, 7) is 3.32. The standard InChI is InChI=1S/C18H16N2O2/c1-12-13(2)18(22)20(17(12)21)19-16-10-8-15(9-11-16)14-6-4-3-5-7-14/h3-11,19H,1-2H3. The van der Waals surface area contributed by atoms with Gasteiger partial charge < -0.3 is 0 Å². The first-order valence-corrected chi connectivity index (χ1v) is 7.06. The molecule has 0 spiro atoms. The van der Waals surface area contributed by atoms with Crippen molar-refractivity contribution < 1.29 is 9.59 Å². The van der Waals surface area contributed by atoms with E-state index in [0.29, 0.717) is 16.8 Å². The van der Waals surface area contributed by atoms with Gasteiger partial charge in [0.05, 0.1) is 5.69 Å². The van der Waals surface area contributed by atoms with Crippen LogP contribution in [0.5, 0.6) is 0 Å². The minimum atomic E-state index is -0.297. The van der Waals surface area contributed by atoms with Crippen LogP contribution in [0.4, 0.5) is 5.69 Å². The number of hydrazine groups is 1. The molecule has 0 aliphatic carbocycles. The molecule has 4 heteroatoms. The van der Waals surface area contributed by atoms with Crippen molar-refractivity contribution in [3.05, 3.63) is 65.7 Å². The number of imide groups is 1. The number of hydrogen-bond acceptors (Lipinski definition) is 3. The Labute approximate surface area is 129 Å². The number of amides is 2. The molecule has 3 rings (SSSR count). The van der Waals surface area contributed by atoms with Crippen molar-refractivity contribution in [1.29, 1.82) is 0 Å². The zero-order valence-corrected chi connectivity index (χ0v) is 12.5. The Balaban J connectivity index is 1.78. The molecule has 2 amide bonds. The van der Waals surface area contributed by atoms with E-state index < -0.39 is 0 Å². The molecule has 1 heterocycles. The van der Waals surface area contributed by atoms with E-state index in [2.05, 4.69) is 5.43 Å². The molecule has 0 unspecified atom stereocenters. The largest absolute Gasteiger partial charge is 0.288 e. The number of carbonyl (C=O) groups is 2. The van der Waals surface area contributed by atoms with E-state index in [0.717, 1.165) is 16.1 Å². The van der Waals surface area contributed by atoms with Crippen LogP contribution in [0.3, 0.4) is 0 Å². The Hall–Kier alpha value is -2.88. The van der Waals surface area contributed by atoms with Crippen LogP contribution >= 0.6 is 0 Å². The number of carbonyl (C=O) groups excluding carboxylic acids is 2. The molecule has 0 radical (unpaired) electrons. The number of rotatable bonds is 3. The summed E-state index contributed by atoms with van der Waals surface area (Å²) in [5, 5.41) is 1.06. The fourth-order valence-electron chi connectivity index (χ4n) is 2.35. The van der Waals surface area contributed by atoms with Gasteiger partial charge in [-0.1, -0.05) is 42.5 Å². The second-order valence-corrected chi connectivity index (χ2v) is 5.25.